The highest BCUT2D eigenvalue weighted by Gasteiger charge is 2.16. The van der Waals surface area contributed by atoms with Crippen LogP contribution in [0.15, 0.2) is 52.9 Å². The van der Waals surface area contributed by atoms with E-state index in [1.807, 2.05) is 18.2 Å². The first-order chi connectivity index (χ1) is 10.2. The van der Waals surface area contributed by atoms with Gasteiger partial charge in [-0.05, 0) is 12.1 Å². The molecule has 0 aliphatic rings. The van der Waals surface area contributed by atoms with Crippen LogP contribution in [0.3, 0.4) is 0 Å². The molecule has 1 aromatic heterocycles. The van der Waals surface area contributed by atoms with Gasteiger partial charge in [-0.2, -0.15) is 0 Å². The third-order valence-corrected chi connectivity index (χ3v) is 3.28. The summed E-state index contributed by atoms with van der Waals surface area (Å²) in [5.74, 6) is 1.32. The van der Waals surface area contributed by atoms with Gasteiger partial charge in [0, 0.05) is 17.0 Å². The lowest BCUT2D eigenvalue weighted by Gasteiger charge is -2.06. The molecular weight excluding hydrogens is 268 g/mol. The first-order valence-electron chi connectivity index (χ1n) is 6.48. The summed E-state index contributed by atoms with van der Waals surface area (Å²) >= 11 is 0. The first kappa shape index (κ1) is 13.2. The van der Waals surface area contributed by atoms with Crippen LogP contribution >= 0.6 is 0 Å². The number of fused-ring (bicyclic) bond motifs is 1. The van der Waals surface area contributed by atoms with E-state index >= 15 is 0 Å². The molecule has 2 aromatic carbocycles. The third kappa shape index (κ3) is 2.36. The van der Waals surface area contributed by atoms with Crippen molar-refractivity contribution >= 4 is 16.8 Å². The smallest absolute Gasteiger partial charge is 0.228 e. The van der Waals surface area contributed by atoms with E-state index in [2.05, 4.69) is 0 Å². The number of furan rings is 1. The van der Waals surface area contributed by atoms with E-state index in [1.54, 1.807) is 44.6 Å². The lowest BCUT2D eigenvalue weighted by Crippen LogP contribution is -1.98. The topological polar surface area (TPSA) is 48.7 Å². The van der Waals surface area contributed by atoms with Crippen molar-refractivity contribution in [3.05, 3.63) is 59.9 Å². The number of carbonyl (C=O) groups is 1. The van der Waals surface area contributed by atoms with Crippen LogP contribution in [-0.4, -0.2) is 20.0 Å². The van der Waals surface area contributed by atoms with Gasteiger partial charge in [-0.25, -0.2) is 0 Å². The van der Waals surface area contributed by atoms with Crippen LogP contribution in [0.25, 0.3) is 11.0 Å². The summed E-state index contributed by atoms with van der Waals surface area (Å²) in [4.78, 5) is 12.4. The van der Waals surface area contributed by atoms with E-state index in [0.717, 1.165) is 5.39 Å². The Bertz CT molecular complexity index is 746. The maximum Gasteiger partial charge on any atom is 0.228 e. The minimum atomic E-state index is -0.148. The van der Waals surface area contributed by atoms with Gasteiger partial charge in [0.25, 0.3) is 0 Å². The van der Waals surface area contributed by atoms with Crippen molar-refractivity contribution in [3.63, 3.8) is 0 Å². The zero-order chi connectivity index (χ0) is 14.8. The van der Waals surface area contributed by atoms with E-state index in [1.165, 1.54) is 0 Å². The normalized spacial score (nSPS) is 10.6. The number of ketones is 1. The van der Waals surface area contributed by atoms with Gasteiger partial charge in [0.15, 0.2) is 17.3 Å². The average Bonchev–Trinajstić information content (AvgIpc) is 2.96. The fourth-order valence-corrected chi connectivity index (χ4v) is 2.21. The predicted octanol–water partition coefficient (Wildman–Crippen LogP) is 3.68. The SMILES string of the molecule is COc1cc2cc(C(=O)c3ccccc3)oc2cc1OC. The van der Waals surface area contributed by atoms with Gasteiger partial charge >= 0.3 is 0 Å². The fraction of sp³-hybridized carbons (Fsp3) is 0.118. The Morgan fingerprint density at radius 1 is 0.952 bits per heavy atom. The monoisotopic (exact) mass is 282 g/mol. The molecule has 0 bridgehead atoms. The third-order valence-electron chi connectivity index (χ3n) is 3.28. The maximum atomic E-state index is 12.4. The summed E-state index contributed by atoms with van der Waals surface area (Å²) in [5, 5.41) is 0.798. The molecule has 0 amide bonds. The average molecular weight is 282 g/mol. The molecule has 4 nitrogen and oxygen atoms in total. The Morgan fingerprint density at radius 3 is 2.29 bits per heavy atom. The highest BCUT2D eigenvalue weighted by molar-refractivity contribution is 6.09. The molecular formula is C17H14O4. The highest BCUT2D eigenvalue weighted by Crippen LogP contribution is 2.34. The molecule has 0 unspecified atom stereocenters. The van der Waals surface area contributed by atoms with Crippen LogP contribution in [0, 0.1) is 0 Å². The Labute approximate surface area is 121 Å². The molecule has 0 saturated carbocycles. The number of benzene rings is 2. The molecule has 0 atom stereocenters. The molecule has 0 N–H and O–H groups in total. The van der Waals surface area contributed by atoms with Gasteiger partial charge in [0.05, 0.1) is 14.2 Å². The Morgan fingerprint density at radius 2 is 1.62 bits per heavy atom. The summed E-state index contributed by atoms with van der Waals surface area (Å²) in [7, 11) is 3.13. The Balaban J connectivity index is 2.07. The van der Waals surface area contributed by atoms with Crippen molar-refractivity contribution in [2.75, 3.05) is 14.2 Å². The van der Waals surface area contributed by atoms with Gasteiger partial charge in [0.2, 0.25) is 5.78 Å². The van der Waals surface area contributed by atoms with E-state index in [4.69, 9.17) is 13.9 Å². The predicted molar refractivity (Wildman–Crippen MR) is 79.2 cm³/mol. The summed E-state index contributed by atoms with van der Waals surface area (Å²) in [5.41, 5.74) is 1.18. The van der Waals surface area contributed by atoms with Crippen molar-refractivity contribution in [1.29, 1.82) is 0 Å². The number of hydrogen-bond acceptors (Lipinski definition) is 4. The summed E-state index contributed by atoms with van der Waals surface area (Å²) < 4.78 is 16.1. The largest absolute Gasteiger partial charge is 0.493 e. The van der Waals surface area contributed by atoms with Gasteiger partial charge in [-0.3, -0.25) is 4.79 Å². The molecule has 0 fully saturated rings. The standard InChI is InChI=1S/C17H14O4/c1-19-14-8-12-9-16(21-13(12)10-15(14)20-2)17(18)11-6-4-3-5-7-11/h3-10H,1-2H3. The van der Waals surface area contributed by atoms with Crippen molar-refractivity contribution in [1.82, 2.24) is 0 Å². The molecule has 0 spiro atoms. The van der Waals surface area contributed by atoms with Crippen molar-refractivity contribution < 1.29 is 18.7 Å². The number of rotatable bonds is 4. The van der Waals surface area contributed by atoms with Gasteiger partial charge in [-0.1, -0.05) is 30.3 Å². The Hall–Kier alpha value is -2.75. The quantitative estimate of drug-likeness (QED) is 0.685. The van der Waals surface area contributed by atoms with Crippen LogP contribution < -0.4 is 9.47 Å². The van der Waals surface area contributed by atoms with Crippen LogP contribution in [0.2, 0.25) is 0 Å². The zero-order valence-corrected chi connectivity index (χ0v) is 11.8. The van der Waals surface area contributed by atoms with Crippen molar-refractivity contribution in [3.8, 4) is 11.5 Å². The molecule has 21 heavy (non-hydrogen) atoms. The summed E-state index contributed by atoms with van der Waals surface area (Å²) in [6.07, 6.45) is 0. The number of ether oxygens (including phenoxy) is 2. The van der Waals surface area contributed by atoms with Crippen molar-refractivity contribution in [2.45, 2.75) is 0 Å². The van der Waals surface area contributed by atoms with Crippen LogP contribution in [0.4, 0.5) is 0 Å². The molecule has 3 rings (SSSR count). The minimum Gasteiger partial charge on any atom is -0.493 e. The second-order valence-electron chi connectivity index (χ2n) is 4.55. The van der Waals surface area contributed by atoms with E-state index < -0.39 is 0 Å². The first-order valence-corrected chi connectivity index (χ1v) is 6.48. The van der Waals surface area contributed by atoms with Gasteiger partial charge in [0.1, 0.15) is 5.58 Å². The van der Waals surface area contributed by atoms with Crippen molar-refractivity contribution in [2.24, 2.45) is 0 Å². The lowest BCUT2D eigenvalue weighted by atomic mass is 10.1. The molecule has 3 aromatic rings. The molecule has 0 aliphatic heterocycles. The fourth-order valence-electron chi connectivity index (χ4n) is 2.21. The molecule has 1 heterocycles. The van der Waals surface area contributed by atoms with E-state index in [0.29, 0.717) is 28.4 Å². The number of carbonyl (C=O) groups excluding carboxylic acids is 1. The lowest BCUT2D eigenvalue weighted by molar-refractivity contribution is 0.101. The molecule has 0 radical (unpaired) electrons. The van der Waals surface area contributed by atoms with Gasteiger partial charge < -0.3 is 13.9 Å². The van der Waals surface area contributed by atoms with Gasteiger partial charge in [-0.15, -0.1) is 0 Å². The minimum absolute atomic E-state index is 0.148. The van der Waals surface area contributed by atoms with E-state index in [-0.39, 0.29) is 5.78 Å². The van der Waals surface area contributed by atoms with Crippen LogP contribution in [0.5, 0.6) is 11.5 Å². The Kier molecular flexibility index (Phi) is 3.36. The maximum absolute atomic E-state index is 12.4. The second kappa shape index (κ2) is 5.32. The van der Waals surface area contributed by atoms with Crippen LogP contribution in [-0.2, 0) is 0 Å². The second-order valence-corrected chi connectivity index (χ2v) is 4.55. The molecule has 0 saturated heterocycles. The molecule has 4 heteroatoms. The zero-order valence-electron chi connectivity index (χ0n) is 11.8. The van der Waals surface area contributed by atoms with Crippen LogP contribution in [0.1, 0.15) is 16.1 Å². The highest BCUT2D eigenvalue weighted by atomic mass is 16.5. The number of methoxy groups -OCH3 is 2. The number of hydrogen-bond donors (Lipinski definition) is 0. The van der Waals surface area contributed by atoms with E-state index in [9.17, 15) is 4.79 Å². The summed E-state index contributed by atoms with van der Waals surface area (Å²) in [6, 6.07) is 14.3. The molecule has 0 aliphatic carbocycles. The summed E-state index contributed by atoms with van der Waals surface area (Å²) in [6.45, 7) is 0. The molecule has 106 valence electrons.